The first-order valence-corrected chi connectivity index (χ1v) is 5.72. The fourth-order valence-corrected chi connectivity index (χ4v) is 1.84. The summed E-state index contributed by atoms with van der Waals surface area (Å²) in [6.45, 7) is 2.05. The molecule has 4 heteroatoms. The molecule has 0 saturated carbocycles. The van der Waals surface area contributed by atoms with E-state index in [9.17, 15) is 0 Å². The SMILES string of the molecule is Cc1ccccc1-c1ncc(-c2ncc[nH]2)cn1. The van der Waals surface area contributed by atoms with Crippen molar-refractivity contribution >= 4 is 0 Å². The molecule has 3 aromatic rings. The standard InChI is InChI=1S/C14H12N4/c1-10-4-2-3-5-12(10)14-17-8-11(9-18-14)13-15-6-7-16-13/h2-9H,1H3,(H,15,16). The van der Waals surface area contributed by atoms with Gasteiger partial charge in [-0.1, -0.05) is 24.3 Å². The minimum atomic E-state index is 0.739. The average Bonchev–Trinajstić information content (AvgIpc) is 2.94. The van der Waals surface area contributed by atoms with E-state index >= 15 is 0 Å². The van der Waals surface area contributed by atoms with E-state index in [0.29, 0.717) is 0 Å². The lowest BCUT2D eigenvalue weighted by Crippen LogP contribution is -1.92. The van der Waals surface area contributed by atoms with Gasteiger partial charge in [0.2, 0.25) is 0 Å². The maximum Gasteiger partial charge on any atom is 0.159 e. The maximum atomic E-state index is 4.39. The van der Waals surface area contributed by atoms with Crippen LogP contribution in [0.3, 0.4) is 0 Å². The number of aromatic nitrogens is 4. The van der Waals surface area contributed by atoms with E-state index in [0.717, 1.165) is 22.8 Å². The first-order chi connectivity index (χ1) is 8.84. The Bertz CT molecular complexity index is 642. The van der Waals surface area contributed by atoms with Crippen LogP contribution in [0.25, 0.3) is 22.8 Å². The summed E-state index contributed by atoms with van der Waals surface area (Å²) < 4.78 is 0. The monoisotopic (exact) mass is 236 g/mol. The zero-order valence-corrected chi connectivity index (χ0v) is 9.96. The molecule has 18 heavy (non-hydrogen) atoms. The molecule has 0 spiro atoms. The van der Waals surface area contributed by atoms with Gasteiger partial charge < -0.3 is 4.98 Å². The van der Waals surface area contributed by atoms with Gasteiger partial charge in [-0.3, -0.25) is 0 Å². The predicted octanol–water partition coefficient (Wildman–Crippen LogP) is 2.84. The number of nitrogens with zero attached hydrogens (tertiary/aromatic N) is 3. The number of hydrogen-bond donors (Lipinski definition) is 1. The summed E-state index contributed by atoms with van der Waals surface area (Å²) in [7, 11) is 0. The average molecular weight is 236 g/mol. The highest BCUT2D eigenvalue weighted by Crippen LogP contribution is 2.20. The molecule has 4 nitrogen and oxygen atoms in total. The molecular formula is C14H12N4. The summed E-state index contributed by atoms with van der Waals surface area (Å²) in [4.78, 5) is 16.0. The Morgan fingerprint density at radius 2 is 1.78 bits per heavy atom. The van der Waals surface area contributed by atoms with Crippen LogP contribution >= 0.6 is 0 Å². The van der Waals surface area contributed by atoms with Crippen LogP contribution in [0.5, 0.6) is 0 Å². The highest BCUT2D eigenvalue weighted by molar-refractivity contribution is 5.61. The number of aryl methyl sites for hydroxylation is 1. The van der Waals surface area contributed by atoms with Crippen LogP contribution in [0.15, 0.2) is 49.1 Å². The summed E-state index contributed by atoms with van der Waals surface area (Å²) in [5, 5.41) is 0. The van der Waals surface area contributed by atoms with Crippen LogP contribution in [-0.2, 0) is 0 Å². The summed E-state index contributed by atoms with van der Waals surface area (Å²) in [6, 6.07) is 8.08. The molecule has 0 aliphatic rings. The second kappa shape index (κ2) is 4.41. The van der Waals surface area contributed by atoms with Gasteiger partial charge in [0.1, 0.15) is 5.82 Å². The van der Waals surface area contributed by atoms with Crippen molar-refractivity contribution in [1.29, 1.82) is 0 Å². The molecule has 2 heterocycles. The van der Waals surface area contributed by atoms with Gasteiger partial charge >= 0.3 is 0 Å². The van der Waals surface area contributed by atoms with Crippen LogP contribution < -0.4 is 0 Å². The van der Waals surface area contributed by atoms with Crippen molar-refractivity contribution in [2.45, 2.75) is 6.92 Å². The number of rotatable bonds is 2. The topological polar surface area (TPSA) is 54.5 Å². The molecule has 0 aliphatic heterocycles. The number of benzene rings is 1. The van der Waals surface area contributed by atoms with Gasteiger partial charge in [-0.15, -0.1) is 0 Å². The molecule has 0 atom stereocenters. The Hall–Kier alpha value is -2.49. The van der Waals surface area contributed by atoms with Gasteiger partial charge in [0.15, 0.2) is 5.82 Å². The molecule has 0 aliphatic carbocycles. The molecule has 0 unspecified atom stereocenters. The third-order valence-corrected chi connectivity index (χ3v) is 2.81. The Labute approximate surface area is 105 Å². The van der Waals surface area contributed by atoms with Gasteiger partial charge in [0, 0.05) is 30.4 Å². The summed E-state index contributed by atoms with van der Waals surface area (Å²) in [5.41, 5.74) is 3.11. The van der Waals surface area contributed by atoms with Gasteiger partial charge in [0.05, 0.1) is 5.56 Å². The molecule has 0 bridgehead atoms. The van der Waals surface area contributed by atoms with Crippen LogP contribution in [0.2, 0.25) is 0 Å². The molecule has 3 rings (SSSR count). The highest BCUT2D eigenvalue weighted by Gasteiger charge is 2.05. The van der Waals surface area contributed by atoms with Crippen molar-refractivity contribution in [2.24, 2.45) is 0 Å². The molecule has 0 amide bonds. The van der Waals surface area contributed by atoms with Crippen LogP contribution in [-0.4, -0.2) is 19.9 Å². The minimum Gasteiger partial charge on any atom is -0.345 e. The molecular weight excluding hydrogens is 224 g/mol. The highest BCUT2D eigenvalue weighted by atomic mass is 14.9. The van der Waals surface area contributed by atoms with Gasteiger partial charge in [-0.25, -0.2) is 15.0 Å². The summed E-state index contributed by atoms with van der Waals surface area (Å²) in [6.07, 6.45) is 7.07. The second-order valence-corrected chi connectivity index (χ2v) is 4.05. The second-order valence-electron chi connectivity index (χ2n) is 4.05. The zero-order valence-electron chi connectivity index (χ0n) is 9.96. The van der Waals surface area contributed by atoms with Crippen LogP contribution in [0.1, 0.15) is 5.56 Å². The zero-order chi connectivity index (χ0) is 12.4. The van der Waals surface area contributed by atoms with Crippen molar-refractivity contribution in [3.63, 3.8) is 0 Å². The van der Waals surface area contributed by atoms with E-state index < -0.39 is 0 Å². The maximum absolute atomic E-state index is 4.39. The molecule has 1 aromatic carbocycles. The first kappa shape index (κ1) is 10.7. The van der Waals surface area contributed by atoms with E-state index in [1.165, 1.54) is 5.56 Å². The number of H-pyrrole nitrogens is 1. The summed E-state index contributed by atoms with van der Waals surface area (Å²) in [5.74, 6) is 1.52. The molecule has 1 N–H and O–H groups in total. The Kier molecular flexibility index (Phi) is 2.61. The van der Waals surface area contributed by atoms with Gasteiger partial charge in [-0.05, 0) is 12.5 Å². The lowest BCUT2D eigenvalue weighted by Gasteiger charge is -2.04. The Morgan fingerprint density at radius 3 is 2.44 bits per heavy atom. The van der Waals surface area contributed by atoms with E-state index in [1.54, 1.807) is 24.8 Å². The van der Waals surface area contributed by atoms with E-state index in [4.69, 9.17) is 0 Å². The number of nitrogens with one attached hydrogen (secondary N) is 1. The Balaban J connectivity index is 1.99. The van der Waals surface area contributed by atoms with Gasteiger partial charge in [-0.2, -0.15) is 0 Å². The van der Waals surface area contributed by atoms with Crippen molar-refractivity contribution in [1.82, 2.24) is 19.9 Å². The smallest absolute Gasteiger partial charge is 0.159 e. The number of aromatic amines is 1. The van der Waals surface area contributed by atoms with E-state index in [-0.39, 0.29) is 0 Å². The largest absolute Gasteiger partial charge is 0.345 e. The summed E-state index contributed by atoms with van der Waals surface area (Å²) >= 11 is 0. The quantitative estimate of drug-likeness (QED) is 0.744. The predicted molar refractivity (Wildman–Crippen MR) is 69.8 cm³/mol. The van der Waals surface area contributed by atoms with E-state index in [2.05, 4.69) is 32.9 Å². The van der Waals surface area contributed by atoms with Crippen molar-refractivity contribution in [3.8, 4) is 22.8 Å². The molecule has 0 radical (unpaired) electrons. The third kappa shape index (κ3) is 1.88. The van der Waals surface area contributed by atoms with Crippen molar-refractivity contribution in [2.75, 3.05) is 0 Å². The molecule has 0 fully saturated rings. The molecule has 88 valence electrons. The first-order valence-electron chi connectivity index (χ1n) is 5.72. The Morgan fingerprint density at radius 1 is 1.00 bits per heavy atom. The molecule has 0 saturated heterocycles. The fraction of sp³-hybridized carbons (Fsp3) is 0.0714. The lowest BCUT2D eigenvalue weighted by atomic mass is 10.1. The minimum absolute atomic E-state index is 0.739. The van der Waals surface area contributed by atoms with Crippen LogP contribution in [0.4, 0.5) is 0 Å². The fourth-order valence-electron chi connectivity index (χ4n) is 1.84. The van der Waals surface area contributed by atoms with Crippen LogP contribution in [0, 0.1) is 6.92 Å². The third-order valence-electron chi connectivity index (χ3n) is 2.81. The van der Waals surface area contributed by atoms with Crippen molar-refractivity contribution < 1.29 is 0 Å². The number of hydrogen-bond acceptors (Lipinski definition) is 3. The van der Waals surface area contributed by atoms with Crippen molar-refractivity contribution in [3.05, 3.63) is 54.6 Å². The molecule has 2 aromatic heterocycles. The van der Waals surface area contributed by atoms with Gasteiger partial charge in [0.25, 0.3) is 0 Å². The number of imidazole rings is 1. The normalized spacial score (nSPS) is 10.5. The van der Waals surface area contributed by atoms with E-state index in [1.807, 2.05) is 18.2 Å². The lowest BCUT2D eigenvalue weighted by molar-refractivity contribution is 1.15.